The minimum Gasteiger partial charge on any atom is -0.456 e. The lowest BCUT2D eigenvalue weighted by molar-refractivity contribution is -0.142. The maximum Gasteiger partial charge on any atom is 0.327 e. The fourth-order valence-electron chi connectivity index (χ4n) is 1.89. The van der Waals surface area contributed by atoms with Crippen LogP contribution in [0.2, 0.25) is 36.3 Å². The molecule has 0 aliphatic carbocycles. The molecule has 1 saturated heterocycles. The molecule has 4 nitrogen and oxygen atoms in total. The van der Waals surface area contributed by atoms with Crippen molar-refractivity contribution in [3.05, 3.63) is 0 Å². The summed E-state index contributed by atoms with van der Waals surface area (Å²) in [4.78, 5) is 12.0. The Bertz CT molecular complexity index is 466. The van der Waals surface area contributed by atoms with E-state index in [0.29, 0.717) is 6.61 Å². The highest BCUT2D eigenvalue weighted by Crippen LogP contribution is 2.41. The summed E-state index contributed by atoms with van der Waals surface area (Å²) < 4.78 is 18.1. The first-order valence-corrected chi connectivity index (χ1v) is 14.9. The van der Waals surface area contributed by atoms with E-state index >= 15 is 0 Å². The van der Waals surface area contributed by atoms with E-state index < -0.39 is 40.2 Å². The number of esters is 1. The topological polar surface area (TPSA) is 44.8 Å². The van der Waals surface area contributed by atoms with Crippen molar-refractivity contribution in [1.29, 1.82) is 0 Å². The number of hydrogen-bond acceptors (Lipinski definition) is 4. The fourth-order valence-corrected chi connectivity index (χ4v) is 4.58. The van der Waals surface area contributed by atoms with Gasteiger partial charge in [0.15, 0.2) is 28.1 Å². The second kappa shape index (κ2) is 7.02. The zero-order valence-electron chi connectivity index (χ0n) is 17.0. The predicted octanol–water partition coefficient (Wildman–Crippen LogP) is 4.93. The highest BCUT2D eigenvalue weighted by atomic mass is 35.5. The lowest BCUT2D eigenvalue weighted by Crippen LogP contribution is -2.50. The van der Waals surface area contributed by atoms with Crippen molar-refractivity contribution in [1.82, 2.24) is 0 Å². The maximum atomic E-state index is 12.0. The van der Waals surface area contributed by atoms with Gasteiger partial charge in [0.1, 0.15) is 6.10 Å². The van der Waals surface area contributed by atoms with E-state index in [1.165, 1.54) is 0 Å². The summed E-state index contributed by atoms with van der Waals surface area (Å²) >= 11 is 6.30. The van der Waals surface area contributed by atoms with Crippen LogP contribution in [0.15, 0.2) is 0 Å². The molecule has 0 amide bonds. The monoisotopic (exact) mass is 394 g/mol. The van der Waals surface area contributed by atoms with Crippen molar-refractivity contribution in [2.24, 2.45) is 0 Å². The molecule has 142 valence electrons. The average Bonchev–Trinajstić information content (AvgIpc) is 2.61. The van der Waals surface area contributed by atoms with Gasteiger partial charge in [-0.05, 0) is 36.3 Å². The quantitative estimate of drug-likeness (QED) is 0.376. The molecular formula is C17H35ClO4Si2. The number of carbonyl (C=O) groups excluding carboxylic acids is 1. The summed E-state index contributed by atoms with van der Waals surface area (Å²) in [6.45, 7) is 22.1. The van der Waals surface area contributed by atoms with Crippen LogP contribution in [0, 0.1) is 0 Å². The Morgan fingerprint density at radius 1 is 1.00 bits per heavy atom. The van der Waals surface area contributed by atoms with E-state index in [2.05, 4.69) is 67.7 Å². The normalized spacial score (nSPS) is 26.6. The van der Waals surface area contributed by atoms with Crippen LogP contribution in [0.3, 0.4) is 0 Å². The largest absolute Gasteiger partial charge is 0.456 e. The molecule has 0 bridgehead atoms. The maximum absolute atomic E-state index is 12.0. The molecule has 1 aliphatic heterocycles. The Labute approximate surface area is 154 Å². The summed E-state index contributed by atoms with van der Waals surface area (Å²) in [6.07, 6.45) is -0.868. The molecule has 0 radical (unpaired) electrons. The first kappa shape index (κ1) is 22.2. The number of alkyl halides is 1. The molecule has 1 unspecified atom stereocenters. The van der Waals surface area contributed by atoms with Crippen LogP contribution in [-0.2, 0) is 18.4 Å². The Kier molecular flexibility index (Phi) is 6.48. The van der Waals surface area contributed by atoms with Crippen molar-refractivity contribution in [2.45, 2.75) is 95.4 Å². The van der Waals surface area contributed by atoms with Crippen LogP contribution >= 0.6 is 11.6 Å². The van der Waals surface area contributed by atoms with Crippen molar-refractivity contribution >= 4 is 34.2 Å². The summed E-state index contributed by atoms with van der Waals surface area (Å²) in [5, 5.41) is -0.613. The lowest BCUT2D eigenvalue weighted by atomic mass is 10.2. The third-order valence-electron chi connectivity index (χ3n) is 5.80. The van der Waals surface area contributed by atoms with Crippen LogP contribution < -0.4 is 0 Å². The third kappa shape index (κ3) is 4.84. The van der Waals surface area contributed by atoms with Gasteiger partial charge in [-0.25, -0.2) is 0 Å². The minimum atomic E-state index is -2.06. The van der Waals surface area contributed by atoms with Crippen LogP contribution in [-0.4, -0.2) is 46.8 Å². The predicted molar refractivity (Wildman–Crippen MR) is 105 cm³/mol. The number of cyclic esters (lactones) is 1. The number of rotatable bonds is 5. The van der Waals surface area contributed by atoms with Gasteiger partial charge >= 0.3 is 5.97 Å². The van der Waals surface area contributed by atoms with E-state index in [0.717, 1.165) is 0 Å². The van der Waals surface area contributed by atoms with E-state index in [4.69, 9.17) is 25.2 Å². The van der Waals surface area contributed by atoms with Gasteiger partial charge in [-0.2, -0.15) is 0 Å². The summed E-state index contributed by atoms with van der Waals surface area (Å²) in [7, 11) is -3.98. The molecule has 7 heteroatoms. The lowest BCUT2D eigenvalue weighted by Gasteiger charge is -2.40. The Hall–Kier alpha value is 0.114. The standard InChI is InChI=1S/C17H35ClO4Si2/c1-16(2,3)23(7,8)20-11-12-14(13(18)15(19)21-12)22-24(9,10)17(4,5)6/h12-14H,11H2,1-10H3/t12-,13+,14?/m1/s1. The minimum absolute atomic E-state index is 0.0418. The number of carbonyl (C=O) groups is 1. The fraction of sp³-hybridized carbons (Fsp3) is 0.941. The van der Waals surface area contributed by atoms with Crippen molar-refractivity contribution in [3.8, 4) is 0 Å². The highest BCUT2D eigenvalue weighted by molar-refractivity contribution is 6.74. The van der Waals surface area contributed by atoms with Gasteiger partial charge in [0.2, 0.25) is 0 Å². The molecule has 0 spiro atoms. The molecule has 1 heterocycles. The zero-order chi connectivity index (χ0) is 19.1. The Morgan fingerprint density at radius 3 is 1.88 bits per heavy atom. The van der Waals surface area contributed by atoms with Gasteiger partial charge in [-0.15, -0.1) is 11.6 Å². The number of halogens is 1. The Balaban J connectivity index is 2.88. The second-order valence-corrected chi connectivity index (χ2v) is 19.8. The molecule has 0 saturated carbocycles. The number of ether oxygens (including phenoxy) is 1. The van der Waals surface area contributed by atoms with E-state index in [9.17, 15) is 4.79 Å². The molecule has 24 heavy (non-hydrogen) atoms. The molecule has 3 atom stereocenters. The van der Waals surface area contributed by atoms with Crippen LogP contribution in [0.5, 0.6) is 0 Å². The van der Waals surface area contributed by atoms with Crippen LogP contribution in [0.25, 0.3) is 0 Å². The van der Waals surface area contributed by atoms with Crippen molar-refractivity contribution in [2.75, 3.05) is 6.61 Å². The molecule has 0 aromatic heterocycles. The number of hydrogen-bond donors (Lipinski definition) is 0. The van der Waals surface area contributed by atoms with Crippen LogP contribution in [0.4, 0.5) is 0 Å². The van der Waals surface area contributed by atoms with E-state index in [1.807, 2.05) is 0 Å². The smallest absolute Gasteiger partial charge is 0.327 e. The van der Waals surface area contributed by atoms with Gasteiger partial charge in [-0.1, -0.05) is 41.5 Å². The SMILES string of the molecule is CC(C)(C)[Si](C)(C)OC[C@H]1OC(=O)[C@@H](Cl)C1O[Si](C)(C)C(C)(C)C. The summed E-state index contributed by atoms with van der Waals surface area (Å²) in [6, 6.07) is 0. The van der Waals surface area contributed by atoms with Crippen molar-refractivity contribution in [3.63, 3.8) is 0 Å². The summed E-state index contributed by atoms with van der Waals surface area (Å²) in [5.74, 6) is -0.399. The van der Waals surface area contributed by atoms with Gasteiger partial charge in [0.25, 0.3) is 0 Å². The molecule has 1 fully saturated rings. The van der Waals surface area contributed by atoms with Gasteiger partial charge < -0.3 is 13.6 Å². The molecular weight excluding hydrogens is 360 g/mol. The van der Waals surface area contributed by atoms with Crippen LogP contribution in [0.1, 0.15) is 41.5 Å². The molecule has 0 aromatic rings. The molecule has 1 rings (SSSR count). The van der Waals surface area contributed by atoms with Gasteiger partial charge in [-0.3, -0.25) is 4.79 Å². The third-order valence-corrected chi connectivity index (χ3v) is 15.2. The molecule has 1 aliphatic rings. The Morgan fingerprint density at radius 2 is 1.46 bits per heavy atom. The van der Waals surface area contributed by atoms with E-state index in [1.54, 1.807) is 0 Å². The summed E-state index contributed by atoms with van der Waals surface area (Å²) in [5.41, 5.74) is 0. The second-order valence-electron chi connectivity index (χ2n) is 9.79. The van der Waals surface area contributed by atoms with Crippen molar-refractivity contribution < 1.29 is 18.4 Å². The average molecular weight is 395 g/mol. The molecule has 0 N–H and O–H groups in total. The zero-order valence-corrected chi connectivity index (χ0v) is 19.7. The highest BCUT2D eigenvalue weighted by Gasteiger charge is 2.50. The van der Waals surface area contributed by atoms with E-state index in [-0.39, 0.29) is 10.1 Å². The van der Waals surface area contributed by atoms with Gasteiger partial charge in [0.05, 0.1) is 6.61 Å². The van der Waals surface area contributed by atoms with Gasteiger partial charge in [0, 0.05) is 0 Å². The first-order valence-electron chi connectivity index (χ1n) is 8.66. The molecule has 0 aromatic carbocycles. The first-order chi connectivity index (χ1) is 10.5.